The molecule has 1 aromatic rings. The van der Waals surface area contributed by atoms with Gasteiger partial charge in [0, 0.05) is 11.4 Å². The van der Waals surface area contributed by atoms with Gasteiger partial charge in [-0.25, -0.2) is 4.79 Å². The lowest BCUT2D eigenvalue weighted by molar-refractivity contribution is -0.127. The molecule has 1 aromatic heterocycles. The summed E-state index contributed by atoms with van der Waals surface area (Å²) in [4.78, 5) is 24.0. The molecule has 1 heterocycles. The maximum Gasteiger partial charge on any atom is 0.349 e. The highest BCUT2D eigenvalue weighted by molar-refractivity contribution is 7.14. The number of carboxylic acids is 1. The molecule has 0 saturated heterocycles. The molecular weight excluding hydrogens is 278 g/mol. The number of aromatic carboxylic acids is 1. The molecule has 0 fully saturated rings. The molecule has 5 nitrogen and oxygen atoms in total. The molecule has 1 atom stereocenters. The van der Waals surface area contributed by atoms with Crippen LogP contribution in [0.3, 0.4) is 0 Å². The number of hydrogen-bond acceptors (Lipinski definition) is 4. The van der Waals surface area contributed by atoms with E-state index in [0.29, 0.717) is 12.5 Å². The monoisotopic (exact) mass is 299 g/mol. The molecule has 0 radical (unpaired) electrons. The van der Waals surface area contributed by atoms with Crippen molar-refractivity contribution in [2.24, 2.45) is 5.92 Å². The van der Waals surface area contributed by atoms with Gasteiger partial charge in [0.2, 0.25) is 0 Å². The second kappa shape index (κ2) is 7.28. The fourth-order valence-corrected chi connectivity index (χ4v) is 2.39. The predicted octanol–water partition coefficient (Wildman–Crippen LogP) is 2.55. The van der Waals surface area contributed by atoms with Crippen molar-refractivity contribution in [3.63, 3.8) is 0 Å². The quantitative estimate of drug-likeness (QED) is 0.811. The Morgan fingerprint density at radius 3 is 2.55 bits per heavy atom. The summed E-state index contributed by atoms with van der Waals surface area (Å²) in [6.07, 6.45) is 0.0218. The number of aryl methyl sites for hydroxylation is 1. The smallest absolute Gasteiger partial charge is 0.349 e. The van der Waals surface area contributed by atoms with Gasteiger partial charge in [0.25, 0.3) is 5.91 Å². The molecule has 0 bridgehead atoms. The van der Waals surface area contributed by atoms with E-state index in [4.69, 9.17) is 9.84 Å². The maximum atomic E-state index is 11.8. The lowest BCUT2D eigenvalue weighted by Crippen LogP contribution is -2.38. The minimum absolute atomic E-state index is 0.144. The first-order valence-corrected chi connectivity index (χ1v) is 7.47. The summed E-state index contributed by atoms with van der Waals surface area (Å²) in [6, 6.07) is 1.69. The largest absolute Gasteiger partial charge is 0.479 e. The molecule has 0 spiro atoms. The minimum Gasteiger partial charge on any atom is -0.479 e. The van der Waals surface area contributed by atoms with Crippen LogP contribution in [-0.2, 0) is 11.2 Å². The van der Waals surface area contributed by atoms with Crippen LogP contribution in [0.5, 0.6) is 5.75 Å². The first-order valence-electron chi connectivity index (χ1n) is 6.65. The third kappa shape index (κ3) is 4.52. The van der Waals surface area contributed by atoms with E-state index in [-0.39, 0.29) is 16.5 Å². The van der Waals surface area contributed by atoms with Crippen LogP contribution < -0.4 is 10.1 Å². The Hall–Kier alpha value is -1.56. The van der Waals surface area contributed by atoms with E-state index >= 15 is 0 Å². The van der Waals surface area contributed by atoms with E-state index in [1.807, 2.05) is 20.8 Å². The predicted molar refractivity (Wildman–Crippen MR) is 78.6 cm³/mol. The minimum atomic E-state index is -1.03. The molecule has 0 aromatic carbocycles. The fourth-order valence-electron chi connectivity index (χ4n) is 1.53. The van der Waals surface area contributed by atoms with Crippen LogP contribution in [0.25, 0.3) is 0 Å². The van der Waals surface area contributed by atoms with Gasteiger partial charge in [0.15, 0.2) is 11.0 Å². The molecule has 0 aliphatic heterocycles. The Kier molecular flexibility index (Phi) is 6.01. The van der Waals surface area contributed by atoms with Crippen LogP contribution >= 0.6 is 11.3 Å². The summed E-state index contributed by atoms with van der Waals surface area (Å²) < 4.78 is 5.50. The SMILES string of the molecule is CCc1cc(OC(C)C(=O)NCC(C)C)c(C(=O)O)s1. The summed E-state index contributed by atoms with van der Waals surface area (Å²) in [7, 11) is 0. The normalized spacial score (nSPS) is 12.2. The van der Waals surface area contributed by atoms with E-state index in [9.17, 15) is 9.59 Å². The summed E-state index contributed by atoms with van der Waals surface area (Å²) in [5, 5.41) is 11.9. The van der Waals surface area contributed by atoms with Crippen molar-refractivity contribution in [2.45, 2.75) is 40.2 Å². The molecule has 2 N–H and O–H groups in total. The van der Waals surface area contributed by atoms with E-state index in [1.54, 1.807) is 13.0 Å². The zero-order chi connectivity index (χ0) is 15.3. The fraction of sp³-hybridized carbons (Fsp3) is 0.571. The third-order valence-electron chi connectivity index (χ3n) is 2.65. The number of carbonyl (C=O) groups is 2. The van der Waals surface area contributed by atoms with Crippen LogP contribution in [0.15, 0.2) is 6.07 Å². The molecule has 0 aliphatic rings. The van der Waals surface area contributed by atoms with Crippen molar-refractivity contribution < 1.29 is 19.4 Å². The zero-order valence-electron chi connectivity index (χ0n) is 12.2. The van der Waals surface area contributed by atoms with Gasteiger partial charge in [-0.15, -0.1) is 11.3 Å². The van der Waals surface area contributed by atoms with Gasteiger partial charge in [0.05, 0.1) is 0 Å². The van der Waals surface area contributed by atoms with Crippen LogP contribution in [-0.4, -0.2) is 29.6 Å². The molecule has 0 saturated carbocycles. The van der Waals surface area contributed by atoms with Gasteiger partial charge in [-0.3, -0.25) is 4.79 Å². The van der Waals surface area contributed by atoms with E-state index in [2.05, 4.69) is 5.32 Å². The number of amides is 1. The topological polar surface area (TPSA) is 75.6 Å². The Morgan fingerprint density at radius 1 is 1.40 bits per heavy atom. The molecule has 0 aliphatic carbocycles. The van der Waals surface area contributed by atoms with Gasteiger partial charge in [-0.1, -0.05) is 20.8 Å². The van der Waals surface area contributed by atoms with Crippen molar-refractivity contribution in [3.8, 4) is 5.75 Å². The van der Waals surface area contributed by atoms with Crippen molar-refractivity contribution >= 4 is 23.2 Å². The van der Waals surface area contributed by atoms with Crippen LogP contribution in [0.2, 0.25) is 0 Å². The van der Waals surface area contributed by atoms with E-state index in [0.717, 1.165) is 11.3 Å². The number of thiophene rings is 1. The van der Waals surface area contributed by atoms with Gasteiger partial charge >= 0.3 is 5.97 Å². The summed E-state index contributed by atoms with van der Waals surface area (Å²) in [6.45, 7) is 8.13. The van der Waals surface area contributed by atoms with Gasteiger partial charge < -0.3 is 15.2 Å². The molecule has 1 amide bonds. The number of hydrogen-bond donors (Lipinski definition) is 2. The Morgan fingerprint density at radius 2 is 2.05 bits per heavy atom. The lowest BCUT2D eigenvalue weighted by Gasteiger charge is -2.15. The number of nitrogens with one attached hydrogen (secondary N) is 1. The summed E-state index contributed by atoms with van der Waals surface area (Å²) >= 11 is 1.18. The molecule has 112 valence electrons. The standard InChI is InChI=1S/C14H21NO4S/c1-5-10-6-11(12(20-10)14(17)18)19-9(4)13(16)15-7-8(2)3/h6,8-9H,5,7H2,1-4H3,(H,15,16)(H,17,18). The molecule has 1 rings (SSSR count). The Labute approximate surface area is 123 Å². The lowest BCUT2D eigenvalue weighted by atomic mass is 10.2. The maximum absolute atomic E-state index is 11.8. The van der Waals surface area contributed by atoms with Crippen molar-refractivity contribution in [3.05, 3.63) is 15.8 Å². The average molecular weight is 299 g/mol. The second-order valence-electron chi connectivity index (χ2n) is 4.96. The highest BCUT2D eigenvalue weighted by Gasteiger charge is 2.21. The van der Waals surface area contributed by atoms with Crippen molar-refractivity contribution in [1.82, 2.24) is 5.32 Å². The number of carbonyl (C=O) groups excluding carboxylic acids is 1. The Balaban J connectivity index is 2.74. The van der Waals surface area contributed by atoms with Crippen molar-refractivity contribution in [2.75, 3.05) is 6.54 Å². The van der Waals surface area contributed by atoms with Crippen LogP contribution in [0.4, 0.5) is 0 Å². The Bertz CT molecular complexity index is 482. The summed E-state index contributed by atoms with van der Waals surface area (Å²) in [5.41, 5.74) is 0. The number of rotatable bonds is 7. The van der Waals surface area contributed by atoms with Crippen molar-refractivity contribution in [1.29, 1.82) is 0 Å². The highest BCUT2D eigenvalue weighted by atomic mass is 32.1. The van der Waals surface area contributed by atoms with E-state index < -0.39 is 12.1 Å². The van der Waals surface area contributed by atoms with Gasteiger partial charge in [-0.05, 0) is 25.3 Å². The molecule has 6 heteroatoms. The number of carboxylic acid groups (broad SMARTS) is 1. The molecule has 20 heavy (non-hydrogen) atoms. The molecular formula is C14H21NO4S. The molecule has 1 unspecified atom stereocenters. The highest BCUT2D eigenvalue weighted by Crippen LogP contribution is 2.30. The van der Waals surface area contributed by atoms with Gasteiger partial charge in [0.1, 0.15) is 5.75 Å². The van der Waals surface area contributed by atoms with Gasteiger partial charge in [-0.2, -0.15) is 0 Å². The number of ether oxygens (including phenoxy) is 1. The third-order valence-corrected chi connectivity index (χ3v) is 3.90. The first kappa shape index (κ1) is 16.5. The first-order chi connectivity index (χ1) is 9.35. The van der Waals surface area contributed by atoms with E-state index in [1.165, 1.54) is 11.3 Å². The summed E-state index contributed by atoms with van der Waals surface area (Å²) in [5.74, 6) is -0.640. The van der Waals surface area contributed by atoms with Crippen LogP contribution in [0.1, 0.15) is 42.2 Å². The zero-order valence-corrected chi connectivity index (χ0v) is 13.0. The average Bonchev–Trinajstić information content (AvgIpc) is 2.79. The second-order valence-corrected chi connectivity index (χ2v) is 6.10. The van der Waals surface area contributed by atoms with Crippen LogP contribution in [0, 0.1) is 5.92 Å².